The summed E-state index contributed by atoms with van der Waals surface area (Å²) in [6, 6.07) is 0. The van der Waals surface area contributed by atoms with Crippen LogP contribution in [0.2, 0.25) is 0 Å². The molecule has 1 atom stereocenters. The van der Waals surface area contributed by atoms with Crippen LogP contribution < -0.4 is 0 Å². The highest BCUT2D eigenvalue weighted by molar-refractivity contribution is 7.80. The van der Waals surface area contributed by atoms with E-state index in [0.29, 0.717) is 13.0 Å². The number of thiol groups is 1. The Bertz CT molecular complexity index is 137. The summed E-state index contributed by atoms with van der Waals surface area (Å²) in [5, 5.41) is 0.0754. The Morgan fingerprint density at radius 1 is 1.38 bits per heavy atom. The fourth-order valence-corrected chi connectivity index (χ4v) is 0.984. The van der Waals surface area contributed by atoms with E-state index in [0.717, 1.165) is 19.4 Å². The lowest BCUT2D eigenvalue weighted by molar-refractivity contribution is -0.143. The summed E-state index contributed by atoms with van der Waals surface area (Å²) in [4.78, 5) is 11.0. The Morgan fingerprint density at radius 2 is 2.00 bits per heavy atom. The second-order valence-electron chi connectivity index (χ2n) is 2.97. The number of unbranched alkanes of at least 4 members (excludes halogenated alkanes) is 1. The van der Waals surface area contributed by atoms with E-state index in [1.54, 1.807) is 7.11 Å². The van der Waals surface area contributed by atoms with Gasteiger partial charge in [0.05, 0.1) is 13.0 Å². The molecule has 0 fully saturated rings. The second kappa shape index (κ2) is 8.38. The minimum absolute atomic E-state index is 0.0754. The SMILES string of the molecule is COCCCCOC(=O)CC(C)S. The van der Waals surface area contributed by atoms with E-state index in [9.17, 15) is 4.79 Å². The Labute approximate surface area is 85.2 Å². The van der Waals surface area contributed by atoms with E-state index in [1.165, 1.54) is 0 Å². The molecule has 0 aromatic heterocycles. The topological polar surface area (TPSA) is 35.5 Å². The Morgan fingerprint density at radius 3 is 2.54 bits per heavy atom. The van der Waals surface area contributed by atoms with Crippen LogP contribution in [0.3, 0.4) is 0 Å². The van der Waals surface area contributed by atoms with Crippen molar-refractivity contribution in [2.45, 2.75) is 31.4 Å². The third-order valence-corrected chi connectivity index (χ3v) is 1.65. The van der Waals surface area contributed by atoms with Gasteiger partial charge in [0.2, 0.25) is 0 Å². The molecule has 3 nitrogen and oxygen atoms in total. The van der Waals surface area contributed by atoms with Crippen LogP contribution in [0, 0.1) is 0 Å². The van der Waals surface area contributed by atoms with Gasteiger partial charge in [-0.15, -0.1) is 0 Å². The monoisotopic (exact) mass is 206 g/mol. The quantitative estimate of drug-likeness (QED) is 0.391. The Hall–Kier alpha value is -0.220. The molecule has 0 amide bonds. The third-order valence-electron chi connectivity index (χ3n) is 1.47. The zero-order valence-corrected chi connectivity index (χ0v) is 9.18. The molecule has 13 heavy (non-hydrogen) atoms. The Kier molecular flexibility index (Phi) is 8.24. The average molecular weight is 206 g/mol. The molecule has 0 aliphatic heterocycles. The number of esters is 1. The first-order valence-electron chi connectivity index (χ1n) is 4.49. The lowest BCUT2D eigenvalue weighted by atomic mass is 10.3. The van der Waals surface area contributed by atoms with Gasteiger partial charge in [0.1, 0.15) is 0 Å². The highest BCUT2D eigenvalue weighted by Gasteiger charge is 2.05. The first-order valence-corrected chi connectivity index (χ1v) is 5.01. The van der Waals surface area contributed by atoms with Crippen molar-refractivity contribution in [3.63, 3.8) is 0 Å². The fourth-order valence-electron chi connectivity index (χ4n) is 0.835. The van der Waals surface area contributed by atoms with Crippen molar-refractivity contribution in [1.82, 2.24) is 0 Å². The largest absolute Gasteiger partial charge is 0.466 e. The number of methoxy groups -OCH3 is 1. The molecule has 1 unspecified atom stereocenters. The smallest absolute Gasteiger partial charge is 0.306 e. The van der Waals surface area contributed by atoms with Gasteiger partial charge in [-0.3, -0.25) is 4.79 Å². The lowest BCUT2D eigenvalue weighted by Crippen LogP contribution is -2.10. The molecule has 0 radical (unpaired) electrons. The van der Waals surface area contributed by atoms with Crippen LogP contribution in [-0.2, 0) is 14.3 Å². The molecule has 0 N–H and O–H groups in total. The zero-order chi connectivity index (χ0) is 10.1. The van der Waals surface area contributed by atoms with Crippen molar-refractivity contribution < 1.29 is 14.3 Å². The highest BCUT2D eigenvalue weighted by Crippen LogP contribution is 2.01. The molecule has 0 aromatic rings. The van der Waals surface area contributed by atoms with Crippen molar-refractivity contribution in [3.05, 3.63) is 0 Å². The lowest BCUT2D eigenvalue weighted by Gasteiger charge is -2.05. The molecular formula is C9H18O3S. The molecule has 0 heterocycles. The molecule has 0 aliphatic rings. The Balaban J connectivity index is 3.17. The molecule has 0 aromatic carbocycles. The second-order valence-corrected chi connectivity index (χ2v) is 3.86. The van der Waals surface area contributed by atoms with Gasteiger partial charge in [0.15, 0.2) is 0 Å². The van der Waals surface area contributed by atoms with Crippen molar-refractivity contribution in [2.24, 2.45) is 0 Å². The van der Waals surface area contributed by atoms with E-state index in [-0.39, 0.29) is 11.2 Å². The summed E-state index contributed by atoms with van der Waals surface area (Å²) >= 11 is 4.10. The van der Waals surface area contributed by atoms with Gasteiger partial charge < -0.3 is 9.47 Å². The molecule has 4 heteroatoms. The zero-order valence-electron chi connectivity index (χ0n) is 8.28. The average Bonchev–Trinajstić information content (AvgIpc) is 2.02. The van der Waals surface area contributed by atoms with Crippen molar-refractivity contribution in [2.75, 3.05) is 20.3 Å². The van der Waals surface area contributed by atoms with Crippen LogP contribution in [0.5, 0.6) is 0 Å². The van der Waals surface area contributed by atoms with Crippen LogP contribution in [0.15, 0.2) is 0 Å². The normalized spacial score (nSPS) is 12.5. The maximum absolute atomic E-state index is 11.0. The van der Waals surface area contributed by atoms with Gasteiger partial charge >= 0.3 is 5.97 Å². The molecule has 78 valence electrons. The predicted molar refractivity (Wildman–Crippen MR) is 55.1 cm³/mol. The standard InChI is InChI=1S/C9H18O3S/c1-8(13)7-9(10)12-6-4-3-5-11-2/h8,13H,3-7H2,1-2H3. The van der Waals surface area contributed by atoms with Crippen LogP contribution in [0.1, 0.15) is 26.2 Å². The minimum atomic E-state index is -0.167. The van der Waals surface area contributed by atoms with Crippen LogP contribution in [0.4, 0.5) is 0 Å². The van der Waals surface area contributed by atoms with E-state index in [1.807, 2.05) is 6.92 Å². The fraction of sp³-hybridized carbons (Fsp3) is 0.889. The third kappa shape index (κ3) is 9.70. The number of carbonyl (C=O) groups excluding carboxylic acids is 1. The van der Waals surface area contributed by atoms with Gasteiger partial charge in [-0.1, -0.05) is 6.92 Å². The molecule has 0 rings (SSSR count). The van der Waals surface area contributed by atoms with Crippen molar-refractivity contribution in [1.29, 1.82) is 0 Å². The number of hydrogen-bond donors (Lipinski definition) is 1. The molecule has 0 spiro atoms. The molecule has 0 bridgehead atoms. The number of ether oxygens (including phenoxy) is 2. The molecular weight excluding hydrogens is 188 g/mol. The first-order chi connectivity index (χ1) is 6.16. The van der Waals surface area contributed by atoms with E-state index >= 15 is 0 Å². The number of rotatable bonds is 7. The summed E-state index contributed by atoms with van der Waals surface area (Å²) < 4.78 is 9.82. The first kappa shape index (κ1) is 12.8. The van der Waals surface area contributed by atoms with Crippen LogP contribution in [0.25, 0.3) is 0 Å². The predicted octanol–water partition coefficient (Wildman–Crippen LogP) is 1.66. The van der Waals surface area contributed by atoms with Gasteiger partial charge in [-0.25, -0.2) is 0 Å². The highest BCUT2D eigenvalue weighted by atomic mass is 32.1. The van der Waals surface area contributed by atoms with Crippen molar-refractivity contribution >= 4 is 18.6 Å². The summed E-state index contributed by atoms with van der Waals surface area (Å²) in [7, 11) is 1.66. The van der Waals surface area contributed by atoms with Crippen LogP contribution >= 0.6 is 12.6 Å². The summed E-state index contributed by atoms with van der Waals surface area (Å²) in [5.41, 5.74) is 0. The molecule has 0 saturated heterocycles. The number of carbonyl (C=O) groups is 1. The van der Waals surface area contributed by atoms with E-state index in [2.05, 4.69) is 12.6 Å². The minimum Gasteiger partial charge on any atom is -0.466 e. The molecule has 0 saturated carbocycles. The maximum Gasteiger partial charge on any atom is 0.306 e. The van der Waals surface area contributed by atoms with Gasteiger partial charge in [-0.2, -0.15) is 12.6 Å². The van der Waals surface area contributed by atoms with Gasteiger partial charge in [-0.05, 0) is 12.8 Å². The molecule has 0 aliphatic carbocycles. The van der Waals surface area contributed by atoms with Crippen LogP contribution in [-0.4, -0.2) is 31.5 Å². The van der Waals surface area contributed by atoms with Gasteiger partial charge in [0, 0.05) is 19.0 Å². The summed E-state index contributed by atoms with van der Waals surface area (Å²) in [6.07, 6.45) is 2.17. The number of hydrogen-bond acceptors (Lipinski definition) is 4. The van der Waals surface area contributed by atoms with E-state index < -0.39 is 0 Å². The summed E-state index contributed by atoms with van der Waals surface area (Å²) in [6.45, 7) is 3.08. The maximum atomic E-state index is 11.0. The van der Waals surface area contributed by atoms with E-state index in [4.69, 9.17) is 9.47 Å². The summed E-state index contributed by atoms with van der Waals surface area (Å²) in [5.74, 6) is -0.167. The van der Waals surface area contributed by atoms with Crippen molar-refractivity contribution in [3.8, 4) is 0 Å². The van der Waals surface area contributed by atoms with Gasteiger partial charge in [0.25, 0.3) is 0 Å².